The van der Waals surface area contributed by atoms with Crippen molar-refractivity contribution < 1.29 is 18.7 Å². The van der Waals surface area contributed by atoms with Crippen molar-refractivity contribution in [3.8, 4) is 5.75 Å². The summed E-state index contributed by atoms with van der Waals surface area (Å²) in [7, 11) is 1.02. The zero-order valence-electron chi connectivity index (χ0n) is 6.99. The van der Waals surface area contributed by atoms with Gasteiger partial charge in [-0.1, -0.05) is 18.2 Å². The minimum atomic E-state index is -2.82. The third-order valence-corrected chi connectivity index (χ3v) is 1.38. The Morgan fingerprint density at radius 2 is 2.00 bits per heavy atom. The Hall–Kier alpha value is -1.42. The Balaban J connectivity index is 2.73. The Morgan fingerprint density at radius 1 is 1.38 bits per heavy atom. The van der Waals surface area contributed by atoms with Crippen LogP contribution in [0.1, 0.15) is 0 Å². The molecule has 0 aliphatic carbocycles. The maximum atomic E-state index is 13.1. The van der Waals surface area contributed by atoms with Crippen molar-refractivity contribution in [3.63, 3.8) is 0 Å². The molecule has 0 bridgehead atoms. The van der Waals surface area contributed by atoms with Crippen molar-refractivity contribution in [1.82, 2.24) is 0 Å². The summed E-state index contributed by atoms with van der Waals surface area (Å²) in [6.45, 7) is 0. The fourth-order valence-corrected chi connectivity index (χ4v) is 0.744. The molecule has 1 atom stereocenters. The first kappa shape index (κ1) is 9.67. The van der Waals surface area contributed by atoms with Gasteiger partial charge in [-0.05, 0) is 12.1 Å². The van der Waals surface area contributed by atoms with E-state index in [9.17, 15) is 9.18 Å². The number of alkyl halides is 1. The summed E-state index contributed by atoms with van der Waals surface area (Å²) in [5.74, 6) is 0.204. The number of benzene rings is 1. The summed E-state index contributed by atoms with van der Waals surface area (Å²) in [6.07, 6.45) is 1.02. The Morgan fingerprint density at radius 3 is 2.46 bits per heavy atom. The molecule has 1 aromatic carbocycles. The van der Waals surface area contributed by atoms with E-state index < -0.39 is 6.04 Å². The van der Waals surface area contributed by atoms with E-state index in [0.29, 0.717) is 0 Å². The van der Waals surface area contributed by atoms with Gasteiger partial charge in [0.2, 0.25) is 0 Å². The van der Waals surface area contributed by atoms with Crippen molar-refractivity contribution in [2.75, 3.05) is 7.11 Å². The van der Waals surface area contributed by atoms with Crippen LogP contribution in [0.5, 0.6) is 5.75 Å². The zero-order valence-corrected chi connectivity index (χ0v) is 6.99. The summed E-state index contributed by atoms with van der Waals surface area (Å²) in [6, 6.07) is 5.23. The van der Waals surface area contributed by atoms with Crippen LogP contribution >= 0.6 is 0 Å². The molecule has 1 aromatic rings. The van der Waals surface area contributed by atoms with Crippen LogP contribution < -0.4 is 4.74 Å². The lowest BCUT2D eigenvalue weighted by Gasteiger charge is -2.16. The summed E-state index contributed by atoms with van der Waals surface area (Å²) in [5.41, 5.74) is 0. The van der Waals surface area contributed by atoms with Gasteiger partial charge in [-0.3, -0.25) is 4.79 Å². The Bertz CT molecular complexity index is 275. The minimum Gasteiger partial charge on any atom is -0.430 e. The number of ether oxygens (including phenoxy) is 2. The highest BCUT2D eigenvalue weighted by Gasteiger charge is 2.33. The van der Waals surface area contributed by atoms with E-state index in [1.165, 1.54) is 12.1 Å². The van der Waals surface area contributed by atoms with E-state index in [1.54, 1.807) is 18.2 Å². The van der Waals surface area contributed by atoms with Crippen LogP contribution in [0.4, 0.5) is 4.39 Å². The van der Waals surface area contributed by atoms with Crippen molar-refractivity contribution in [1.29, 1.82) is 0 Å². The third-order valence-electron chi connectivity index (χ3n) is 1.38. The molecule has 1 unspecified atom stereocenters. The molecule has 0 aliphatic rings. The predicted octanol–water partition coefficient (Wildman–Crippen LogP) is 1.44. The van der Waals surface area contributed by atoms with Crippen LogP contribution in [0.2, 0.25) is 0 Å². The van der Waals surface area contributed by atoms with Crippen molar-refractivity contribution in [2.24, 2.45) is 0 Å². The van der Waals surface area contributed by atoms with Crippen LogP contribution in [-0.4, -0.2) is 19.4 Å². The highest BCUT2D eigenvalue weighted by Crippen LogP contribution is 2.18. The van der Waals surface area contributed by atoms with Gasteiger partial charge in [0.1, 0.15) is 5.75 Å². The van der Waals surface area contributed by atoms with Gasteiger partial charge in [0.25, 0.3) is 0 Å². The largest absolute Gasteiger partial charge is 0.434 e. The Labute approximate surface area is 75.1 Å². The fourth-order valence-electron chi connectivity index (χ4n) is 0.744. The summed E-state index contributed by atoms with van der Waals surface area (Å²) < 4.78 is 21.8. The molecular weight excluding hydrogens is 175 g/mol. The lowest BCUT2D eigenvalue weighted by Crippen LogP contribution is -2.34. The van der Waals surface area contributed by atoms with E-state index in [-0.39, 0.29) is 5.75 Å². The van der Waals surface area contributed by atoms with Gasteiger partial charge in [-0.25, -0.2) is 0 Å². The zero-order chi connectivity index (χ0) is 9.73. The Kier molecular flexibility index (Phi) is 2.97. The molecule has 1 rings (SSSR count). The van der Waals surface area contributed by atoms with Crippen LogP contribution in [0.3, 0.4) is 0 Å². The van der Waals surface area contributed by atoms with E-state index in [2.05, 4.69) is 9.47 Å². The first-order valence-electron chi connectivity index (χ1n) is 3.57. The van der Waals surface area contributed by atoms with Crippen LogP contribution in [-0.2, 0) is 9.53 Å². The second kappa shape index (κ2) is 4.00. The van der Waals surface area contributed by atoms with Crippen molar-refractivity contribution in [2.45, 2.75) is 6.04 Å². The van der Waals surface area contributed by atoms with E-state index in [0.717, 1.165) is 13.4 Å². The summed E-state index contributed by atoms with van der Waals surface area (Å²) in [4.78, 5) is 10.1. The van der Waals surface area contributed by atoms with E-state index in [1.807, 2.05) is 0 Å². The highest BCUT2D eigenvalue weighted by atomic mass is 19.2. The lowest BCUT2D eigenvalue weighted by molar-refractivity contribution is -0.201. The SMILES string of the molecule is COC(F)([C]=O)Oc1ccccc1. The average molecular weight is 183 g/mol. The second-order valence-corrected chi connectivity index (χ2v) is 2.26. The number of rotatable bonds is 4. The van der Waals surface area contributed by atoms with Crippen LogP contribution in [0, 0.1) is 0 Å². The van der Waals surface area contributed by atoms with Gasteiger partial charge >= 0.3 is 12.3 Å². The van der Waals surface area contributed by atoms with Crippen LogP contribution in [0.25, 0.3) is 0 Å². The van der Waals surface area contributed by atoms with Gasteiger partial charge in [-0.15, -0.1) is 0 Å². The molecule has 13 heavy (non-hydrogen) atoms. The highest BCUT2D eigenvalue weighted by molar-refractivity contribution is 5.59. The molecule has 0 heterocycles. The second-order valence-electron chi connectivity index (χ2n) is 2.26. The first-order valence-corrected chi connectivity index (χ1v) is 3.57. The molecule has 0 saturated carbocycles. The molecule has 0 fully saturated rings. The van der Waals surface area contributed by atoms with Gasteiger partial charge in [0.15, 0.2) is 0 Å². The molecule has 0 spiro atoms. The van der Waals surface area contributed by atoms with Crippen LogP contribution in [0.15, 0.2) is 30.3 Å². The number of carbonyl (C=O) groups excluding carboxylic acids is 1. The monoisotopic (exact) mass is 183 g/mol. The van der Waals surface area contributed by atoms with Gasteiger partial charge in [0, 0.05) is 7.11 Å². The predicted molar refractivity (Wildman–Crippen MR) is 43.6 cm³/mol. The summed E-state index contributed by atoms with van der Waals surface area (Å²) >= 11 is 0. The number of methoxy groups -OCH3 is 1. The minimum absolute atomic E-state index is 0.204. The molecule has 69 valence electrons. The molecule has 1 radical (unpaired) electrons. The normalized spacial score (nSPS) is 14.6. The molecule has 0 aliphatic heterocycles. The molecule has 0 N–H and O–H groups in total. The summed E-state index contributed by atoms with van der Waals surface area (Å²) in [5, 5.41) is 0. The number of hydrogen-bond donors (Lipinski definition) is 0. The van der Waals surface area contributed by atoms with E-state index in [4.69, 9.17) is 0 Å². The maximum Gasteiger partial charge on any atom is 0.434 e. The molecule has 0 aromatic heterocycles. The van der Waals surface area contributed by atoms with E-state index >= 15 is 0 Å². The standard InChI is InChI=1S/C9H8FO3/c1-12-9(10,7-11)13-8-5-3-2-4-6-8/h2-6H,1H3. The van der Waals surface area contributed by atoms with Crippen molar-refractivity contribution in [3.05, 3.63) is 30.3 Å². The number of halogens is 1. The fraction of sp³-hybridized carbons (Fsp3) is 0.222. The number of para-hydroxylation sites is 1. The maximum absolute atomic E-state index is 13.1. The average Bonchev–Trinajstić information content (AvgIpc) is 2.19. The smallest absolute Gasteiger partial charge is 0.430 e. The molecule has 0 saturated heterocycles. The first-order chi connectivity index (χ1) is 6.20. The lowest BCUT2D eigenvalue weighted by atomic mass is 10.3. The van der Waals surface area contributed by atoms with Gasteiger partial charge in [-0.2, -0.15) is 4.39 Å². The molecular formula is C9H8FO3. The van der Waals surface area contributed by atoms with Gasteiger partial charge in [0.05, 0.1) is 0 Å². The third kappa shape index (κ3) is 2.52. The topological polar surface area (TPSA) is 35.5 Å². The van der Waals surface area contributed by atoms with Crippen molar-refractivity contribution >= 4 is 6.29 Å². The quantitative estimate of drug-likeness (QED) is 0.662. The molecule has 4 heteroatoms. The number of hydrogen-bond acceptors (Lipinski definition) is 3. The molecule has 0 amide bonds. The molecule has 3 nitrogen and oxygen atoms in total. The van der Waals surface area contributed by atoms with Gasteiger partial charge < -0.3 is 9.47 Å².